The number of carboxylic acid groups (broad SMARTS) is 1. The second-order valence-electron chi connectivity index (χ2n) is 5.98. The van der Waals surface area contributed by atoms with E-state index in [1.807, 2.05) is 24.3 Å². The molecule has 0 spiro atoms. The molecule has 0 radical (unpaired) electrons. The van der Waals surface area contributed by atoms with Crippen molar-refractivity contribution >= 4 is 39.8 Å². The van der Waals surface area contributed by atoms with Crippen LogP contribution >= 0.6 is 27.7 Å². The van der Waals surface area contributed by atoms with Crippen LogP contribution in [0.5, 0.6) is 0 Å². The Balaban J connectivity index is 2.30. The van der Waals surface area contributed by atoms with E-state index < -0.39 is 23.7 Å². The Hall–Kier alpha value is -1.21. The van der Waals surface area contributed by atoms with Crippen LogP contribution in [0.15, 0.2) is 28.7 Å². The SMILES string of the molecule is CC(C)(C)OC(=O)N1[C@@H](C(=O)O)CS[C@H]1c1ccc(Br)cc1. The maximum Gasteiger partial charge on any atom is 0.412 e. The molecule has 1 heterocycles. The van der Waals surface area contributed by atoms with Crippen LogP contribution in [-0.2, 0) is 9.53 Å². The van der Waals surface area contributed by atoms with E-state index in [9.17, 15) is 14.7 Å². The number of hydrogen-bond acceptors (Lipinski definition) is 4. The van der Waals surface area contributed by atoms with Gasteiger partial charge in [0.05, 0.1) is 0 Å². The number of halogens is 1. The number of nitrogens with zero attached hydrogens (tertiary/aromatic N) is 1. The number of thioether (sulfide) groups is 1. The fourth-order valence-corrected chi connectivity index (χ4v) is 3.79. The molecule has 1 saturated heterocycles. The number of hydrogen-bond donors (Lipinski definition) is 1. The molecule has 0 unspecified atom stereocenters. The Morgan fingerprint density at radius 1 is 1.32 bits per heavy atom. The van der Waals surface area contributed by atoms with Gasteiger partial charge in [0, 0.05) is 10.2 Å². The quantitative estimate of drug-likeness (QED) is 0.833. The number of amides is 1. The van der Waals surface area contributed by atoms with E-state index in [-0.39, 0.29) is 5.37 Å². The van der Waals surface area contributed by atoms with Crippen molar-refractivity contribution in [3.8, 4) is 0 Å². The van der Waals surface area contributed by atoms with E-state index in [1.54, 1.807) is 20.8 Å². The summed E-state index contributed by atoms with van der Waals surface area (Å²) in [7, 11) is 0. The van der Waals surface area contributed by atoms with E-state index in [0.29, 0.717) is 5.75 Å². The standard InChI is InChI=1S/C15H18BrNO4S/c1-15(2,3)21-14(20)17-11(13(18)19)8-22-12(17)9-4-6-10(16)7-5-9/h4-7,11-12H,8H2,1-3H3,(H,18,19)/t11-,12+/m1/s1. The van der Waals surface area contributed by atoms with E-state index in [4.69, 9.17) is 4.74 Å². The molecule has 0 aliphatic carbocycles. The Labute approximate surface area is 142 Å². The van der Waals surface area contributed by atoms with Gasteiger partial charge in [-0.25, -0.2) is 9.59 Å². The molecule has 0 saturated carbocycles. The number of carbonyl (C=O) groups excluding carboxylic acids is 1. The van der Waals surface area contributed by atoms with Crippen molar-refractivity contribution in [1.29, 1.82) is 0 Å². The van der Waals surface area contributed by atoms with Gasteiger partial charge in [0.15, 0.2) is 0 Å². The lowest BCUT2D eigenvalue weighted by atomic mass is 10.2. The first-order valence-electron chi connectivity index (χ1n) is 6.80. The van der Waals surface area contributed by atoms with Crippen LogP contribution in [0.4, 0.5) is 4.79 Å². The highest BCUT2D eigenvalue weighted by Gasteiger charge is 2.44. The van der Waals surface area contributed by atoms with E-state index in [0.717, 1.165) is 10.0 Å². The lowest BCUT2D eigenvalue weighted by Gasteiger charge is -2.30. The summed E-state index contributed by atoms with van der Waals surface area (Å²) < 4.78 is 6.31. The zero-order valence-electron chi connectivity index (χ0n) is 12.6. The van der Waals surface area contributed by atoms with Crippen molar-refractivity contribution in [2.45, 2.75) is 37.8 Å². The van der Waals surface area contributed by atoms with Crippen molar-refractivity contribution < 1.29 is 19.4 Å². The Bertz CT molecular complexity index is 570. The largest absolute Gasteiger partial charge is 0.480 e. The van der Waals surface area contributed by atoms with Gasteiger partial charge in [0.2, 0.25) is 0 Å². The Morgan fingerprint density at radius 2 is 1.91 bits per heavy atom. The van der Waals surface area contributed by atoms with Gasteiger partial charge in [-0.2, -0.15) is 0 Å². The lowest BCUT2D eigenvalue weighted by molar-refractivity contribution is -0.142. The Morgan fingerprint density at radius 3 is 2.41 bits per heavy atom. The molecule has 1 aliphatic heterocycles. The average Bonchev–Trinajstić information content (AvgIpc) is 2.82. The molecule has 120 valence electrons. The van der Waals surface area contributed by atoms with Gasteiger partial charge < -0.3 is 9.84 Å². The minimum absolute atomic E-state index is 0.343. The minimum atomic E-state index is -1.02. The second-order valence-corrected chi connectivity index (χ2v) is 8.01. The van der Waals surface area contributed by atoms with Crippen LogP contribution in [0.3, 0.4) is 0 Å². The van der Waals surface area contributed by atoms with Gasteiger partial charge in [-0.3, -0.25) is 4.90 Å². The number of carbonyl (C=O) groups is 2. The monoisotopic (exact) mass is 387 g/mol. The van der Waals surface area contributed by atoms with Crippen LogP contribution in [-0.4, -0.2) is 39.5 Å². The molecule has 5 nitrogen and oxygen atoms in total. The summed E-state index contributed by atoms with van der Waals surface area (Å²) in [5.41, 5.74) is 0.209. The van der Waals surface area contributed by atoms with Crippen LogP contribution in [0.1, 0.15) is 31.7 Å². The molecule has 1 aliphatic rings. The second kappa shape index (κ2) is 6.50. The van der Waals surface area contributed by atoms with Gasteiger partial charge in [0.25, 0.3) is 0 Å². The zero-order chi connectivity index (χ0) is 16.5. The molecular weight excluding hydrogens is 370 g/mol. The summed E-state index contributed by atoms with van der Waals surface area (Å²) in [4.78, 5) is 25.2. The summed E-state index contributed by atoms with van der Waals surface area (Å²) in [5, 5.41) is 9.01. The normalized spacial score (nSPS) is 21.7. The maximum absolute atomic E-state index is 12.4. The average molecular weight is 388 g/mol. The summed E-state index contributed by atoms with van der Waals surface area (Å²) in [5.74, 6) is -0.673. The van der Waals surface area contributed by atoms with Gasteiger partial charge in [-0.15, -0.1) is 11.8 Å². The molecule has 1 aromatic rings. The molecule has 0 bridgehead atoms. The third-order valence-corrected chi connectivity index (χ3v) is 4.90. The predicted molar refractivity (Wildman–Crippen MR) is 88.8 cm³/mol. The number of ether oxygens (including phenoxy) is 1. The number of rotatable bonds is 2. The topological polar surface area (TPSA) is 66.8 Å². The highest BCUT2D eigenvalue weighted by Crippen LogP contribution is 2.42. The van der Waals surface area contributed by atoms with Crippen molar-refractivity contribution in [2.75, 3.05) is 5.75 Å². The fourth-order valence-electron chi connectivity index (χ4n) is 2.12. The van der Waals surface area contributed by atoms with E-state index in [2.05, 4.69) is 15.9 Å². The van der Waals surface area contributed by atoms with E-state index >= 15 is 0 Å². The maximum atomic E-state index is 12.4. The fraction of sp³-hybridized carbons (Fsp3) is 0.467. The number of benzene rings is 1. The van der Waals surface area contributed by atoms with Crippen LogP contribution < -0.4 is 0 Å². The van der Waals surface area contributed by atoms with Crippen molar-refractivity contribution in [3.05, 3.63) is 34.3 Å². The lowest BCUT2D eigenvalue weighted by Crippen LogP contribution is -2.45. The first-order chi connectivity index (χ1) is 10.2. The highest BCUT2D eigenvalue weighted by atomic mass is 79.9. The molecule has 1 fully saturated rings. The molecule has 7 heteroatoms. The van der Waals surface area contributed by atoms with Crippen molar-refractivity contribution in [2.24, 2.45) is 0 Å². The molecule has 1 aromatic carbocycles. The first-order valence-corrected chi connectivity index (χ1v) is 8.64. The highest BCUT2D eigenvalue weighted by molar-refractivity contribution is 9.10. The molecule has 2 atom stereocenters. The third-order valence-electron chi connectivity index (χ3n) is 3.04. The number of aliphatic carboxylic acids is 1. The van der Waals surface area contributed by atoms with Crippen LogP contribution in [0.25, 0.3) is 0 Å². The van der Waals surface area contributed by atoms with Crippen LogP contribution in [0.2, 0.25) is 0 Å². The minimum Gasteiger partial charge on any atom is -0.480 e. The van der Waals surface area contributed by atoms with Gasteiger partial charge in [-0.1, -0.05) is 28.1 Å². The summed E-state index contributed by atoms with van der Waals surface area (Å²) >= 11 is 4.80. The van der Waals surface area contributed by atoms with Gasteiger partial charge >= 0.3 is 12.1 Å². The molecule has 2 rings (SSSR count). The molecule has 1 N–H and O–H groups in total. The molecule has 1 amide bonds. The molecule has 0 aromatic heterocycles. The molecular formula is C15H18BrNO4S. The van der Waals surface area contributed by atoms with Crippen molar-refractivity contribution in [1.82, 2.24) is 4.90 Å². The van der Waals surface area contributed by atoms with Crippen LogP contribution in [0, 0.1) is 0 Å². The first kappa shape index (κ1) is 17.1. The Kier molecular flexibility index (Phi) is 5.07. The van der Waals surface area contributed by atoms with Gasteiger partial charge in [-0.05, 0) is 38.5 Å². The smallest absolute Gasteiger partial charge is 0.412 e. The number of carboxylic acids is 1. The van der Waals surface area contributed by atoms with Gasteiger partial charge in [0.1, 0.15) is 17.0 Å². The summed E-state index contributed by atoms with van der Waals surface area (Å²) in [6.07, 6.45) is -0.599. The summed E-state index contributed by atoms with van der Waals surface area (Å²) in [6.45, 7) is 5.29. The van der Waals surface area contributed by atoms with Crippen molar-refractivity contribution in [3.63, 3.8) is 0 Å². The van der Waals surface area contributed by atoms with E-state index in [1.165, 1.54) is 16.7 Å². The zero-order valence-corrected chi connectivity index (χ0v) is 15.0. The third kappa shape index (κ3) is 3.95. The summed E-state index contributed by atoms with van der Waals surface area (Å²) in [6, 6.07) is 6.62. The molecule has 22 heavy (non-hydrogen) atoms. The predicted octanol–water partition coefficient (Wildman–Crippen LogP) is 3.88.